The molecule has 0 N–H and O–H groups in total. The highest BCUT2D eigenvalue weighted by atomic mass is 35.5. The third-order valence-corrected chi connectivity index (χ3v) is 2.47. The van der Waals surface area contributed by atoms with Crippen molar-refractivity contribution in [3.63, 3.8) is 0 Å². The van der Waals surface area contributed by atoms with Crippen molar-refractivity contribution in [2.75, 3.05) is 0 Å². The highest BCUT2D eigenvalue weighted by Gasteiger charge is 2.02. The third-order valence-electron chi connectivity index (χ3n) is 2.18. The number of hydrogen-bond donors (Lipinski definition) is 0. The Balaban J connectivity index is 2.48. The second kappa shape index (κ2) is 5.28. The number of halogens is 1. The van der Waals surface area contributed by atoms with Gasteiger partial charge in [-0.25, -0.2) is 0 Å². The van der Waals surface area contributed by atoms with Crippen molar-refractivity contribution < 1.29 is 0 Å². The summed E-state index contributed by atoms with van der Waals surface area (Å²) >= 11 is 5.75. The van der Waals surface area contributed by atoms with Crippen LogP contribution in [-0.4, -0.2) is 9.78 Å². The largest absolute Gasteiger partial charge is 0.272 e. The minimum Gasteiger partial charge on any atom is -0.272 e. The third kappa shape index (κ3) is 3.03. The first-order valence-electron chi connectivity index (χ1n) is 4.86. The topological polar surface area (TPSA) is 17.8 Å². The van der Waals surface area contributed by atoms with Gasteiger partial charge in [0.2, 0.25) is 0 Å². The van der Waals surface area contributed by atoms with Gasteiger partial charge in [-0.05, 0) is 13.3 Å². The Labute approximate surface area is 84.9 Å². The molecule has 0 fully saturated rings. The first kappa shape index (κ1) is 10.6. The van der Waals surface area contributed by atoms with E-state index in [1.165, 1.54) is 19.3 Å². The van der Waals surface area contributed by atoms with E-state index in [9.17, 15) is 0 Å². The molecule has 0 saturated carbocycles. The molecule has 74 valence electrons. The van der Waals surface area contributed by atoms with Crippen molar-refractivity contribution in [2.24, 2.45) is 0 Å². The van der Waals surface area contributed by atoms with E-state index in [-0.39, 0.29) is 0 Å². The molecule has 0 atom stereocenters. The number of nitrogens with zero attached hydrogens (tertiary/aromatic N) is 2. The smallest absolute Gasteiger partial charge is 0.0637 e. The summed E-state index contributed by atoms with van der Waals surface area (Å²) < 4.78 is 2.00. The monoisotopic (exact) mass is 200 g/mol. The Morgan fingerprint density at radius 3 is 2.77 bits per heavy atom. The fourth-order valence-electron chi connectivity index (χ4n) is 1.33. The van der Waals surface area contributed by atoms with Crippen molar-refractivity contribution in [1.29, 1.82) is 0 Å². The zero-order valence-electron chi connectivity index (χ0n) is 8.39. The number of unbranched alkanes of at least 4 members (excludes halogenated alkanes) is 2. The van der Waals surface area contributed by atoms with Crippen LogP contribution in [0.3, 0.4) is 0 Å². The summed E-state index contributed by atoms with van der Waals surface area (Å²) in [5, 5.41) is 4.39. The number of hydrogen-bond acceptors (Lipinski definition) is 1. The van der Waals surface area contributed by atoms with Gasteiger partial charge in [-0.15, -0.1) is 11.6 Å². The van der Waals surface area contributed by atoms with E-state index >= 15 is 0 Å². The van der Waals surface area contributed by atoms with Crippen LogP contribution in [0.5, 0.6) is 0 Å². The van der Waals surface area contributed by atoms with Gasteiger partial charge in [0.05, 0.1) is 11.6 Å². The fraction of sp³-hybridized carbons (Fsp3) is 0.700. The molecule has 13 heavy (non-hydrogen) atoms. The molecular formula is C10H17ClN2. The van der Waals surface area contributed by atoms with Crippen LogP contribution in [0.2, 0.25) is 0 Å². The van der Waals surface area contributed by atoms with Crippen LogP contribution >= 0.6 is 11.6 Å². The van der Waals surface area contributed by atoms with Crippen molar-refractivity contribution in [3.8, 4) is 0 Å². The molecule has 0 bridgehead atoms. The molecule has 0 unspecified atom stereocenters. The Hall–Kier alpha value is -0.500. The predicted molar refractivity (Wildman–Crippen MR) is 56.0 cm³/mol. The first-order chi connectivity index (χ1) is 6.27. The standard InChI is InChI=1S/C10H17ClN2/c1-3-4-5-6-13-8-10(7-11)9(2)12-13/h8H,3-7H2,1-2H3. The summed E-state index contributed by atoms with van der Waals surface area (Å²) in [5.74, 6) is 0.569. The number of aromatic nitrogens is 2. The predicted octanol–water partition coefficient (Wildman–Crippen LogP) is 3.12. The lowest BCUT2D eigenvalue weighted by Crippen LogP contribution is -1.98. The zero-order valence-corrected chi connectivity index (χ0v) is 9.14. The van der Waals surface area contributed by atoms with Gasteiger partial charge in [0, 0.05) is 18.3 Å². The van der Waals surface area contributed by atoms with Crippen LogP contribution in [0.1, 0.15) is 37.4 Å². The van der Waals surface area contributed by atoms with E-state index in [1.807, 2.05) is 11.6 Å². The molecule has 0 aromatic carbocycles. The van der Waals surface area contributed by atoms with E-state index in [2.05, 4.69) is 18.2 Å². The van der Waals surface area contributed by atoms with Crippen molar-refractivity contribution in [2.45, 2.75) is 45.5 Å². The minimum absolute atomic E-state index is 0.569. The van der Waals surface area contributed by atoms with Gasteiger partial charge in [0.15, 0.2) is 0 Å². The zero-order chi connectivity index (χ0) is 9.68. The van der Waals surface area contributed by atoms with E-state index in [0.29, 0.717) is 5.88 Å². The quantitative estimate of drug-likeness (QED) is 0.528. The highest BCUT2D eigenvalue weighted by Crippen LogP contribution is 2.09. The van der Waals surface area contributed by atoms with Crippen LogP contribution < -0.4 is 0 Å². The minimum atomic E-state index is 0.569. The van der Waals surface area contributed by atoms with Gasteiger partial charge in [0.1, 0.15) is 0 Å². The highest BCUT2D eigenvalue weighted by molar-refractivity contribution is 6.17. The second-order valence-electron chi connectivity index (χ2n) is 3.34. The van der Waals surface area contributed by atoms with Gasteiger partial charge in [-0.2, -0.15) is 5.10 Å². The summed E-state index contributed by atoms with van der Waals surface area (Å²) in [6, 6.07) is 0. The second-order valence-corrected chi connectivity index (χ2v) is 3.61. The summed E-state index contributed by atoms with van der Waals surface area (Å²) in [6.45, 7) is 5.23. The molecule has 0 spiro atoms. The Morgan fingerprint density at radius 1 is 1.46 bits per heavy atom. The van der Waals surface area contributed by atoms with E-state index < -0.39 is 0 Å². The van der Waals surface area contributed by atoms with Crippen molar-refractivity contribution in [1.82, 2.24) is 9.78 Å². The maximum Gasteiger partial charge on any atom is 0.0637 e. The van der Waals surface area contributed by atoms with Crippen LogP contribution in [0, 0.1) is 6.92 Å². The van der Waals surface area contributed by atoms with E-state index in [1.54, 1.807) is 0 Å². The van der Waals surface area contributed by atoms with Gasteiger partial charge >= 0.3 is 0 Å². The van der Waals surface area contributed by atoms with Gasteiger partial charge in [0.25, 0.3) is 0 Å². The van der Waals surface area contributed by atoms with E-state index in [0.717, 1.165) is 17.8 Å². The summed E-state index contributed by atoms with van der Waals surface area (Å²) in [4.78, 5) is 0. The van der Waals surface area contributed by atoms with Gasteiger partial charge in [-0.3, -0.25) is 4.68 Å². The normalized spacial score (nSPS) is 10.7. The average molecular weight is 201 g/mol. The van der Waals surface area contributed by atoms with Gasteiger partial charge in [-0.1, -0.05) is 19.8 Å². The van der Waals surface area contributed by atoms with Crippen LogP contribution in [-0.2, 0) is 12.4 Å². The summed E-state index contributed by atoms with van der Waals surface area (Å²) in [5.41, 5.74) is 2.21. The molecule has 1 rings (SSSR count). The van der Waals surface area contributed by atoms with Crippen LogP contribution in [0.25, 0.3) is 0 Å². The lowest BCUT2D eigenvalue weighted by Gasteiger charge is -1.98. The molecular weight excluding hydrogens is 184 g/mol. The molecule has 1 aromatic rings. The molecule has 0 amide bonds. The molecule has 0 aliphatic heterocycles. The molecule has 2 nitrogen and oxygen atoms in total. The molecule has 1 heterocycles. The number of rotatable bonds is 5. The Morgan fingerprint density at radius 2 is 2.23 bits per heavy atom. The molecule has 0 aliphatic rings. The maximum absolute atomic E-state index is 5.75. The molecule has 1 aromatic heterocycles. The molecule has 0 radical (unpaired) electrons. The summed E-state index contributed by atoms with van der Waals surface area (Å²) in [6.07, 6.45) is 5.79. The van der Waals surface area contributed by atoms with Crippen molar-refractivity contribution in [3.05, 3.63) is 17.5 Å². The van der Waals surface area contributed by atoms with Gasteiger partial charge < -0.3 is 0 Å². The summed E-state index contributed by atoms with van der Waals surface area (Å²) in [7, 11) is 0. The SMILES string of the molecule is CCCCCn1cc(CCl)c(C)n1. The van der Waals surface area contributed by atoms with E-state index in [4.69, 9.17) is 11.6 Å². The Bertz CT molecular complexity index is 255. The lowest BCUT2D eigenvalue weighted by atomic mass is 10.2. The van der Waals surface area contributed by atoms with Crippen LogP contribution in [0.15, 0.2) is 6.20 Å². The van der Waals surface area contributed by atoms with Crippen molar-refractivity contribution >= 4 is 11.6 Å². The molecule has 0 aliphatic carbocycles. The maximum atomic E-state index is 5.75. The first-order valence-corrected chi connectivity index (χ1v) is 5.40. The number of aryl methyl sites for hydroxylation is 2. The lowest BCUT2D eigenvalue weighted by molar-refractivity contribution is 0.550. The molecule has 0 saturated heterocycles. The van der Waals surface area contributed by atoms with Crippen LogP contribution in [0.4, 0.5) is 0 Å². The average Bonchev–Trinajstić information content (AvgIpc) is 2.47. The number of alkyl halides is 1. The Kier molecular flexibility index (Phi) is 4.29. The fourth-order valence-corrected chi connectivity index (χ4v) is 1.59. The molecule has 3 heteroatoms.